The minimum Gasteiger partial charge on any atom is -0.465 e. The van der Waals surface area contributed by atoms with Gasteiger partial charge in [-0.05, 0) is 32.3 Å². The average Bonchev–Trinajstić information content (AvgIpc) is 3.00. The molecule has 0 unspecified atom stereocenters. The zero-order chi connectivity index (χ0) is 16.4. The maximum atomic E-state index is 12.8. The predicted molar refractivity (Wildman–Crippen MR) is 88.4 cm³/mol. The molecule has 0 radical (unpaired) electrons. The SMILES string of the molecule is COC(=O)c1cn([C@H](C)C(=O)N2CCCCC2)c2ccccc12. The van der Waals surface area contributed by atoms with Crippen molar-refractivity contribution in [1.82, 2.24) is 9.47 Å². The fourth-order valence-electron chi connectivity index (χ4n) is 3.30. The summed E-state index contributed by atoms with van der Waals surface area (Å²) in [5.41, 5.74) is 1.38. The van der Waals surface area contributed by atoms with Gasteiger partial charge in [0.25, 0.3) is 0 Å². The number of piperidine rings is 1. The summed E-state index contributed by atoms with van der Waals surface area (Å²) < 4.78 is 6.75. The molecule has 0 aliphatic carbocycles. The molecule has 5 heteroatoms. The van der Waals surface area contributed by atoms with Crippen molar-refractivity contribution in [2.45, 2.75) is 32.2 Å². The highest BCUT2D eigenvalue weighted by Gasteiger charge is 2.26. The van der Waals surface area contributed by atoms with E-state index in [9.17, 15) is 9.59 Å². The number of carbonyl (C=O) groups is 2. The number of rotatable bonds is 3. The van der Waals surface area contributed by atoms with Gasteiger partial charge < -0.3 is 14.2 Å². The second kappa shape index (κ2) is 6.44. The maximum absolute atomic E-state index is 12.8. The third-order valence-electron chi connectivity index (χ3n) is 4.59. The van der Waals surface area contributed by atoms with Crippen LogP contribution < -0.4 is 0 Å². The van der Waals surface area contributed by atoms with Gasteiger partial charge in [-0.2, -0.15) is 0 Å². The van der Waals surface area contributed by atoms with Gasteiger partial charge in [-0.25, -0.2) is 4.79 Å². The Bertz CT molecular complexity index is 729. The van der Waals surface area contributed by atoms with Crippen molar-refractivity contribution in [2.75, 3.05) is 20.2 Å². The van der Waals surface area contributed by atoms with Crippen molar-refractivity contribution in [1.29, 1.82) is 0 Å². The highest BCUT2D eigenvalue weighted by molar-refractivity contribution is 6.04. The highest BCUT2D eigenvalue weighted by Crippen LogP contribution is 2.26. The first-order valence-corrected chi connectivity index (χ1v) is 8.10. The standard InChI is InChI=1S/C18H22N2O3/c1-13(17(21)19-10-6-3-7-11-19)20-12-15(18(22)23-2)14-8-4-5-9-16(14)20/h4-5,8-9,12-13H,3,6-7,10-11H2,1-2H3/t13-/m1/s1. The Morgan fingerprint density at radius 1 is 1.13 bits per heavy atom. The summed E-state index contributed by atoms with van der Waals surface area (Å²) in [5.74, 6) is -0.264. The number of nitrogens with zero attached hydrogens (tertiary/aromatic N) is 2. The van der Waals surface area contributed by atoms with E-state index in [1.807, 2.05) is 40.7 Å². The van der Waals surface area contributed by atoms with Crippen LogP contribution in [-0.2, 0) is 9.53 Å². The van der Waals surface area contributed by atoms with Gasteiger partial charge in [0, 0.05) is 30.2 Å². The van der Waals surface area contributed by atoms with Crippen molar-refractivity contribution in [2.24, 2.45) is 0 Å². The quantitative estimate of drug-likeness (QED) is 0.818. The van der Waals surface area contributed by atoms with E-state index < -0.39 is 0 Å². The molecule has 1 aliphatic heterocycles. The van der Waals surface area contributed by atoms with E-state index in [1.165, 1.54) is 13.5 Å². The van der Waals surface area contributed by atoms with Crippen LogP contribution in [0.3, 0.4) is 0 Å². The monoisotopic (exact) mass is 314 g/mol. The predicted octanol–water partition coefficient (Wildman–Crippen LogP) is 3.00. The molecule has 1 atom stereocenters. The Kier molecular flexibility index (Phi) is 4.37. The number of amides is 1. The number of hydrogen-bond donors (Lipinski definition) is 0. The molecule has 23 heavy (non-hydrogen) atoms. The van der Waals surface area contributed by atoms with Crippen LogP contribution >= 0.6 is 0 Å². The van der Waals surface area contributed by atoms with Crippen LogP contribution in [0.2, 0.25) is 0 Å². The zero-order valence-electron chi connectivity index (χ0n) is 13.6. The minimum atomic E-state index is -0.377. The van der Waals surface area contributed by atoms with Gasteiger partial charge in [-0.1, -0.05) is 18.2 Å². The van der Waals surface area contributed by atoms with Gasteiger partial charge in [-0.15, -0.1) is 0 Å². The molecule has 2 heterocycles. The third kappa shape index (κ3) is 2.83. The Morgan fingerprint density at radius 3 is 2.52 bits per heavy atom. The van der Waals surface area contributed by atoms with Crippen LogP contribution in [-0.4, -0.2) is 41.5 Å². The minimum absolute atomic E-state index is 0.113. The summed E-state index contributed by atoms with van der Waals surface area (Å²) in [7, 11) is 1.37. The molecule has 2 aromatic rings. The summed E-state index contributed by atoms with van der Waals surface area (Å²) in [5, 5.41) is 0.817. The van der Waals surface area contributed by atoms with Crippen LogP contribution in [0.5, 0.6) is 0 Å². The average molecular weight is 314 g/mol. The van der Waals surface area contributed by atoms with E-state index in [2.05, 4.69) is 0 Å². The number of hydrogen-bond acceptors (Lipinski definition) is 3. The van der Waals surface area contributed by atoms with E-state index in [1.54, 1.807) is 6.20 Å². The second-order valence-electron chi connectivity index (χ2n) is 6.02. The van der Waals surface area contributed by atoms with E-state index in [4.69, 9.17) is 4.74 Å². The molecule has 0 bridgehead atoms. The van der Waals surface area contributed by atoms with Gasteiger partial charge in [0.2, 0.25) is 5.91 Å². The van der Waals surface area contributed by atoms with E-state index in [-0.39, 0.29) is 17.9 Å². The Labute approximate surface area is 135 Å². The third-order valence-corrected chi connectivity index (χ3v) is 4.59. The molecule has 0 N–H and O–H groups in total. The maximum Gasteiger partial charge on any atom is 0.340 e. The summed E-state index contributed by atoms with van der Waals surface area (Å²) in [6.07, 6.45) is 5.07. The lowest BCUT2D eigenvalue weighted by Gasteiger charge is -2.30. The number of para-hydroxylation sites is 1. The summed E-state index contributed by atoms with van der Waals surface area (Å²) in [6.45, 7) is 3.54. The van der Waals surface area contributed by atoms with Gasteiger partial charge in [-0.3, -0.25) is 4.79 Å². The van der Waals surface area contributed by atoms with Crippen LogP contribution in [0.1, 0.15) is 42.6 Å². The first-order chi connectivity index (χ1) is 11.1. The number of ether oxygens (including phenoxy) is 1. The zero-order valence-corrected chi connectivity index (χ0v) is 13.6. The first kappa shape index (κ1) is 15.6. The smallest absolute Gasteiger partial charge is 0.340 e. The number of methoxy groups -OCH3 is 1. The van der Waals surface area contributed by atoms with Crippen molar-refractivity contribution in [3.63, 3.8) is 0 Å². The Morgan fingerprint density at radius 2 is 1.83 bits per heavy atom. The lowest BCUT2D eigenvalue weighted by atomic mass is 10.1. The molecule has 3 rings (SSSR count). The molecule has 0 saturated carbocycles. The van der Waals surface area contributed by atoms with Crippen molar-refractivity contribution >= 4 is 22.8 Å². The van der Waals surface area contributed by atoms with E-state index >= 15 is 0 Å². The molecule has 1 aromatic carbocycles. The topological polar surface area (TPSA) is 51.5 Å². The normalized spacial score (nSPS) is 16.3. The first-order valence-electron chi connectivity index (χ1n) is 8.10. The van der Waals surface area contributed by atoms with E-state index in [0.717, 1.165) is 36.8 Å². The summed E-state index contributed by atoms with van der Waals surface area (Å²) >= 11 is 0. The van der Waals surface area contributed by atoms with Crippen molar-refractivity contribution < 1.29 is 14.3 Å². The van der Waals surface area contributed by atoms with Crippen LogP contribution in [0.4, 0.5) is 0 Å². The van der Waals surface area contributed by atoms with E-state index in [0.29, 0.717) is 5.56 Å². The van der Waals surface area contributed by atoms with Gasteiger partial charge in [0.1, 0.15) is 6.04 Å². The highest BCUT2D eigenvalue weighted by atomic mass is 16.5. The molecule has 0 spiro atoms. The number of benzene rings is 1. The van der Waals surface area contributed by atoms with Gasteiger partial charge >= 0.3 is 5.97 Å². The van der Waals surface area contributed by atoms with Crippen LogP contribution in [0.25, 0.3) is 10.9 Å². The number of esters is 1. The fourth-order valence-corrected chi connectivity index (χ4v) is 3.30. The molecular formula is C18H22N2O3. The Balaban J connectivity index is 1.98. The molecular weight excluding hydrogens is 292 g/mol. The molecule has 1 aliphatic rings. The number of carbonyl (C=O) groups excluding carboxylic acids is 2. The van der Waals surface area contributed by atoms with Crippen molar-refractivity contribution in [3.8, 4) is 0 Å². The Hall–Kier alpha value is -2.30. The molecule has 1 amide bonds. The molecule has 1 aromatic heterocycles. The number of likely N-dealkylation sites (tertiary alicyclic amines) is 1. The lowest BCUT2D eigenvalue weighted by molar-refractivity contribution is -0.135. The molecule has 1 saturated heterocycles. The largest absolute Gasteiger partial charge is 0.465 e. The molecule has 1 fully saturated rings. The van der Waals surface area contributed by atoms with Crippen molar-refractivity contribution in [3.05, 3.63) is 36.0 Å². The van der Waals surface area contributed by atoms with Crippen LogP contribution in [0.15, 0.2) is 30.5 Å². The molecule has 122 valence electrons. The van der Waals surface area contributed by atoms with Crippen LogP contribution in [0, 0.1) is 0 Å². The number of aromatic nitrogens is 1. The van der Waals surface area contributed by atoms with Gasteiger partial charge in [0.15, 0.2) is 0 Å². The summed E-state index contributed by atoms with van der Waals surface area (Å²) in [6, 6.07) is 7.28. The lowest BCUT2D eigenvalue weighted by Crippen LogP contribution is -2.39. The fraction of sp³-hybridized carbons (Fsp3) is 0.444. The molecule has 5 nitrogen and oxygen atoms in total. The second-order valence-corrected chi connectivity index (χ2v) is 6.02. The summed E-state index contributed by atoms with van der Waals surface area (Å²) in [4.78, 5) is 26.7. The number of fused-ring (bicyclic) bond motifs is 1. The van der Waals surface area contributed by atoms with Gasteiger partial charge in [0.05, 0.1) is 12.7 Å².